The van der Waals surface area contributed by atoms with Crippen LogP contribution in [0.3, 0.4) is 0 Å². The van der Waals surface area contributed by atoms with Crippen LogP contribution >= 0.6 is 23.8 Å². The summed E-state index contributed by atoms with van der Waals surface area (Å²) in [7, 11) is 1.61. The van der Waals surface area contributed by atoms with Gasteiger partial charge in [-0.05, 0) is 54.2 Å². The standard InChI is InChI=1S/C22H20ClN3O2S/c1-27-20-9-5-6-17(21(20)28-15-16-10-12-18(23)13-11-16)14-24-26-22(29)25-19-7-3-2-4-8-19/h2-14H,15H2,1H3,(H2,25,26,29)/p+1. The van der Waals surface area contributed by atoms with Crippen LogP contribution in [0, 0.1) is 0 Å². The summed E-state index contributed by atoms with van der Waals surface area (Å²) in [6.07, 6.45) is 1.76. The van der Waals surface area contributed by atoms with E-state index in [9.17, 15) is 0 Å². The third kappa shape index (κ3) is 6.20. The summed E-state index contributed by atoms with van der Waals surface area (Å²) < 4.78 is 11.5. The molecule has 3 rings (SSSR count). The van der Waals surface area contributed by atoms with Gasteiger partial charge in [-0.25, -0.2) is 0 Å². The van der Waals surface area contributed by atoms with Crippen molar-refractivity contribution in [3.8, 4) is 11.5 Å². The minimum absolute atomic E-state index is 0.389. The van der Waals surface area contributed by atoms with E-state index in [1.54, 1.807) is 13.3 Å². The molecule has 3 aromatic rings. The summed E-state index contributed by atoms with van der Waals surface area (Å²) in [5.74, 6) is 1.26. The van der Waals surface area contributed by atoms with Gasteiger partial charge in [0.25, 0.3) is 0 Å². The zero-order valence-electron chi connectivity index (χ0n) is 15.8. The minimum atomic E-state index is 0.389. The molecule has 0 fully saturated rings. The summed E-state index contributed by atoms with van der Waals surface area (Å²) in [4.78, 5) is 0. The molecular weight excluding hydrogens is 406 g/mol. The van der Waals surface area contributed by atoms with Crippen molar-refractivity contribution in [3.63, 3.8) is 0 Å². The van der Waals surface area contributed by atoms with Gasteiger partial charge in [0.15, 0.2) is 11.5 Å². The number of hydrazone groups is 1. The molecule has 3 N–H and O–H groups in total. The molecule has 3 aromatic carbocycles. The Morgan fingerprint density at radius 2 is 1.79 bits per heavy atom. The number of rotatable bonds is 7. The molecule has 148 valence electrons. The van der Waals surface area contributed by atoms with E-state index in [1.807, 2.05) is 72.8 Å². The predicted molar refractivity (Wildman–Crippen MR) is 121 cm³/mol. The number of methoxy groups -OCH3 is 1. The van der Waals surface area contributed by atoms with E-state index in [4.69, 9.17) is 33.3 Å². The first-order chi connectivity index (χ1) is 14.2. The maximum Gasteiger partial charge on any atom is 0.228 e. The van der Waals surface area contributed by atoms with E-state index >= 15 is 0 Å². The van der Waals surface area contributed by atoms with Crippen LogP contribution in [0.4, 0.5) is 5.69 Å². The molecule has 5 nitrogen and oxygen atoms in total. The largest absolute Gasteiger partial charge is 0.493 e. The van der Waals surface area contributed by atoms with Crippen LogP contribution in [0.5, 0.6) is 11.5 Å². The van der Waals surface area contributed by atoms with E-state index in [-0.39, 0.29) is 0 Å². The summed E-state index contributed by atoms with van der Waals surface area (Å²) in [5.41, 5.74) is 5.65. The highest BCUT2D eigenvalue weighted by molar-refractivity contribution is 7.80. The molecule has 7 heteroatoms. The third-order valence-electron chi connectivity index (χ3n) is 3.97. The lowest BCUT2D eigenvalue weighted by Gasteiger charge is -2.12. The Hall–Kier alpha value is -3.09. The predicted octanol–water partition coefficient (Wildman–Crippen LogP) is 3.33. The Morgan fingerprint density at radius 3 is 2.52 bits per heavy atom. The monoisotopic (exact) mass is 426 g/mol. The lowest BCUT2D eigenvalue weighted by atomic mass is 10.2. The van der Waals surface area contributed by atoms with E-state index in [1.165, 1.54) is 0 Å². The van der Waals surface area contributed by atoms with E-state index in [0.717, 1.165) is 16.8 Å². The van der Waals surface area contributed by atoms with E-state index in [0.29, 0.717) is 28.2 Å². The van der Waals surface area contributed by atoms with E-state index < -0.39 is 0 Å². The molecule has 0 amide bonds. The molecule has 0 heterocycles. The number of thiocarbonyl (C=S) groups is 1. The third-order valence-corrected chi connectivity index (χ3v) is 4.43. The molecular formula is C22H21ClN3O2S+. The molecule has 0 radical (unpaired) electrons. The normalized spacial score (nSPS) is 10.6. The second kappa shape index (κ2) is 10.5. The molecule has 29 heavy (non-hydrogen) atoms. The number of ether oxygens (including phenoxy) is 2. The zero-order chi connectivity index (χ0) is 20.5. The van der Waals surface area contributed by atoms with Crippen molar-refractivity contribution in [1.82, 2.24) is 5.43 Å². The molecule has 0 saturated heterocycles. The molecule has 0 aliphatic rings. The number of benzene rings is 3. The lowest BCUT2D eigenvalue weighted by molar-refractivity contribution is -0.499. The van der Waals surface area contributed by atoms with Gasteiger partial charge < -0.3 is 14.8 Å². The number of para-hydroxylation sites is 2. The van der Waals surface area contributed by atoms with Crippen molar-refractivity contribution in [2.75, 3.05) is 12.4 Å². The average molecular weight is 427 g/mol. The highest BCUT2D eigenvalue weighted by Gasteiger charge is 2.12. The van der Waals surface area contributed by atoms with Crippen LogP contribution < -0.4 is 25.3 Å². The Balaban J connectivity index is 1.67. The van der Waals surface area contributed by atoms with Gasteiger partial charge >= 0.3 is 0 Å². The second-order valence-electron chi connectivity index (χ2n) is 6.03. The first-order valence-corrected chi connectivity index (χ1v) is 9.69. The number of hydrogen-bond donors (Lipinski definition) is 3. The SMILES string of the molecule is COc1cccc(C=[NH+]NC(=S)Nc2ccccc2)c1OCc1ccc(Cl)cc1. The van der Waals surface area contributed by atoms with Crippen LogP contribution in [0.1, 0.15) is 11.1 Å². The number of hydrazine groups is 1. The van der Waals surface area contributed by atoms with Crippen LogP contribution in [0.25, 0.3) is 0 Å². The highest BCUT2D eigenvalue weighted by atomic mass is 35.5. The fourth-order valence-corrected chi connectivity index (χ4v) is 2.86. The molecule has 0 unspecified atom stereocenters. The summed E-state index contributed by atoms with van der Waals surface area (Å²) in [6.45, 7) is 0.389. The maximum atomic E-state index is 6.02. The van der Waals surface area contributed by atoms with Crippen LogP contribution in [-0.2, 0) is 6.61 Å². The van der Waals surface area contributed by atoms with Gasteiger partial charge in [0.1, 0.15) is 6.61 Å². The van der Waals surface area contributed by atoms with Gasteiger partial charge in [-0.2, -0.15) is 0 Å². The van der Waals surface area contributed by atoms with Crippen LogP contribution in [-0.4, -0.2) is 18.4 Å². The minimum Gasteiger partial charge on any atom is -0.493 e. The van der Waals surface area contributed by atoms with Crippen LogP contribution in [0.15, 0.2) is 72.8 Å². The van der Waals surface area contributed by atoms with Crippen molar-refractivity contribution in [3.05, 3.63) is 88.9 Å². The molecule has 0 bridgehead atoms. The van der Waals surface area contributed by atoms with Crippen molar-refractivity contribution < 1.29 is 14.6 Å². The number of halogens is 1. The Bertz CT molecular complexity index is 979. The molecule has 0 aliphatic heterocycles. The second-order valence-corrected chi connectivity index (χ2v) is 6.87. The maximum absolute atomic E-state index is 6.02. The number of hydrogen-bond acceptors (Lipinski definition) is 3. The summed E-state index contributed by atoms with van der Waals surface area (Å²) >= 11 is 11.2. The Labute approximate surface area is 180 Å². The molecule has 0 aliphatic carbocycles. The van der Waals surface area contributed by atoms with Gasteiger partial charge in [-0.1, -0.05) is 48.0 Å². The van der Waals surface area contributed by atoms with Crippen molar-refractivity contribution >= 4 is 40.8 Å². The van der Waals surface area contributed by atoms with Gasteiger partial charge in [0.2, 0.25) is 11.3 Å². The first kappa shape index (κ1) is 20.6. The first-order valence-electron chi connectivity index (χ1n) is 8.91. The quantitative estimate of drug-likeness (QED) is 0.307. The summed E-state index contributed by atoms with van der Waals surface area (Å²) in [5, 5.41) is 7.21. The molecule has 0 aromatic heterocycles. The molecule has 0 saturated carbocycles. The molecule has 0 spiro atoms. The number of anilines is 1. The smallest absolute Gasteiger partial charge is 0.228 e. The van der Waals surface area contributed by atoms with Crippen molar-refractivity contribution in [2.24, 2.45) is 0 Å². The van der Waals surface area contributed by atoms with Gasteiger partial charge in [-0.3, -0.25) is 0 Å². The van der Waals surface area contributed by atoms with Gasteiger partial charge in [0.05, 0.1) is 12.7 Å². The fourth-order valence-electron chi connectivity index (χ4n) is 2.56. The highest BCUT2D eigenvalue weighted by Crippen LogP contribution is 2.30. The Morgan fingerprint density at radius 1 is 1.03 bits per heavy atom. The van der Waals surface area contributed by atoms with E-state index in [2.05, 4.69) is 15.8 Å². The lowest BCUT2D eigenvalue weighted by Crippen LogP contribution is -2.82. The zero-order valence-corrected chi connectivity index (χ0v) is 17.4. The van der Waals surface area contributed by atoms with Gasteiger partial charge in [0, 0.05) is 10.7 Å². The van der Waals surface area contributed by atoms with Crippen molar-refractivity contribution in [2.45, 2.75) is 6.61 Å². The Kier molecular flexibility index (Phi) is 7.44. The van der Waals surface area contributed by atoms with Gasteiger partial charge in [-0.15, -0.1) is 10.5 Å². The average Bonchev–Trinajstić information content (AvgIpc) is 2.74. The topological polar surface area (TPSA) is 56.5 Å². The van der Waals surface area contributed by atoms with Crippen LogP contribution in [0.2, 0.25) is 5.02 Å². The summed E-state index contributed by atoms with van der Waals surface area (Å²) in [6, 6.07) is 22.9. The van der Waals surface area contributed by atoms with Crippen molar-refractivity contribution in [1.29, 1.82) is 0 Å². The fraction of sp³-hybridized carbons (Fsp3) is 0.0909. The number of nitrogens with one attached hydrogen (secondary N) is 3. The molecule has 0 atom stereocenters.